The lowest BCUT2D eigenvalue weighted by molar-refractivity contribution is -0.117. The Morgan fingerprint density at radius 1 is 1.00 bits per heavy atom. The van der Waals surface area contributed by atoms with Gasteiger partial charge in [-0.25, -0.2) is 4.98 Å². The van der Waals surface area contributed by atoms with Gasteiger partial charge in [-0.05, 0) is 48.5 Å². The summed E-state index contributed by atoms with van der Waals surface area (Å²) in [5.41, 5.74) is 2.62. The fourth-order valence-corrected chi connectivity index (χ4v) is 4.67. The molecule has 0 saturated carbocycles. The molecular formula is C27H26ClN3O4. The van der Waals surface area contributed by atoms with Crippen molar-refractivity contribution in [1.29, 1.82) is 0 Å². The molecule has 180 valence electrons. The van der Waals surface area contributed by atoms with Gasteiger partial charge in [-0.15, -0.1) is 0 Å². The molecule has 0 unspecified atom stereocenters. The van der Waals surface area contributed by atoms with E-state index in [1.54, 1.807) is 31.3 Å². The molecule has 4 aromatic rings. The highest BCUT2D eigenvalue weighted by molar-refractivity contribution is 6.30. The highest BCUT2D eigenvalue weighted by atomic mass is 35.5. The van der Waals surface area contributed by atoms with E-state index in [0.717, 1.165) is 22.6 Å². The summed E-state index contributed by atoms with van der Waals surface area (Å²) in [5, 5.41) is 0.670. The molecule has 1 fully saturated rings. The zero-order chi connectivity index (χ0) is 24.4. The van der Waals surface area contributed by atoms with Crippen molar-refractivity contribution in [2.75, 3.05) is 32.3 Å². The van der Waals surface area contributed by atoms with Crippen LogP contribution >= 0.6 is 11.6 Å². The minimum atomic E-state index is -0.0682. The third kappa shape index (κ3) is 4.64. The smallest absolute Gasteiger partial charge is 0.227 e. The van der Waals surface area contributed by atoms with Gasteiger partial charge in [0.15, 0.2) is 0 Å². The standard InChI is InChI=1S/C27H26ClN3O4/c1-33-21-11-12-25(34-2)24(16-21)31-17-18(15-26(31)32)27-29-22-5-3-4-6-23(22)30(27)13-14-35-20-9-7-19(28)8-10-20/h3-12,16,18H,13-15,17H2,1-2H3/t18-/m0/s1. The molecule has 1 saturated heterocycles. The van der Waals surface area contributed by atoms with Crippen molar-refractivity contribution in [1.82, 2.24) is 9.55 Å². The van der Waals surface area contributed by atoms with Crippen molar-refractivity contribution >= 4 is 34.2 Å². The van der Waals surface area contributed by atoms with Crippen LogP contribution in [0.25, 0.3) is 11.0 Å². The van der Waals surface area contributed by atoms with E-state index in [-0.39, 0.29) is 11.8 Å². The molecule has 8 heteroatoms. The lowest BCUT2D eigenvalue weighted by Gasteiger charge is -2.20. The van der Waals surface area contributed by atoms with Crippen molar-refractivity contribution in [3.05, 3.63) is 77.6 Å². The Bertz CT molecular complexity index is 1350. The Morgan fingerprint density at radius 2 is 1.77 bits per heavy atom. The number of rotatable bonds is 8. The average Bonchev–Trinajstić information content (AvgIpc) is 3.45. The minimum Gasteiger partial charge on any atom is -0.497 e. The third-order valence-electron chi connectivity index (χ3n) is 6.25. The SMILES string of the molecule is COc1ccc(OC)c(N2C[C@@H](c3nc4ccccc4n3CCOc3ccc(Cl)cc3)CC2=O)c1. The number of carbonyl (C=O) groups excluding carboxylic acids is 1. The Balaban J connectivity index is 1.42. The number of aromatic nitrogens is 2. The van der Waals surface area contributed by atoms with E-state index in [1.807, 2.05) is 54.6 Å². The number of methoxy groups -OCH3 is 2. The van der Waals surface area contributed by atoms with E-state index in [4.69, 9.17) is 30.8 Å². The monoisotopic (exact) mass is 491 g/mol. The summed E-state index contributed by atoms with van der Waals surface area (Å²) in [6, 6.07) is 20.8. The number of hydrogen-bond donors (Lipinski definition) is 0. The topological polar surface area (TPSA) is 65.8 Å². The first-order chi connectivity index (χ1) is 17.1. The molecule has 0 bridgehead atoms. The van der Waals surface area contributed by atoms with Crippen LogP contribution in [0, 0.1) is 0 Å². The molecule has 1 atom stereocenters. The molecule has 2 heterocycles. The first kappa shape index (κ1) is 23.1. The molecule has 0 aliphatic carbocycles. The summed E-state index contributed by atoms with van der Waals surface area (Å²) in [7, 11) is 3.21. The van der Waals surface area contributed by atoms with Crippen LogP contribution in [-0.4, -0.2) is 42.8 Å². The number of fused-ring (bicyclic) bond motifs is 1. The predicted molar refractivity (Wildman–Crippen MR) is 136 cm³/mol. The van der Waals surface area contributed by atoms with E-state index in [1.165, 1.54) is 0 Å². The molecule has 0 spiro atoms. The van der Waals surface area contributed by atoms with Crippen LogP contribution < -0.4 is 19.1 Å². The average molecular weight is 492 g/mol. The van der Waals surface area contributed by atoms with E-state index in [2.05, 4.69) is 4.57 Å². The zero-order valence-electron chi connectivity index (χ0n) is 19.6. The van der Waals surface area contributed by atoms with Gasteiger partial charge >= 0.3 is 0 Å². The maximum absolute atomic E-state index is 13.1. The number of imidazole rings is 1. The van der Waals surface area contributed by atoms with Gasteiger partial charge in [0.1, 0.15) is 29.7 Å². The Kier molecular flexibility index (Phi) is 6.51. The van der Waals surface area contributed by atoms with Crippen LogP contribution in [0.3, 0.4) is 0 Å². The zero-order valence-corrected chi connectivity index (χ0v) is 20.4. The summed E-state index contributed by atoms with van der Waals surface area (Å²) < 4.78 is 19.0. The Hall–Kier alpha value is -3.71. The Labute approximate surface area is 208 Å². The highest BCUT2D eigenvalue weighted by Crippen LogP contribution is 2.39. The number of anilines is 1. The maximum atomic E-state index is 13.1. The van der Waals surface area contributed by atoms with Gasteiger partial charge in [0, 0.05) is 30.0 Å². The number of nitrogens with zero attached hydrogens (tertiary/aromatic N) is 3. The van der Waals surface area contributed by atoms with Gasteiger partial charge in [-0.2, -0.15) is 0 Å². The van der Waals surface area contributed by atoms with Crippen LogP contribution in [0.1, 0.15) is 18.2 Å². The number of halogens is 1. The highest BCUT2D eigenvalue weighted by Gasteiger charge is 2.36. The van der Waals surface area contributed by atoms with Gasteiger partial charge in [0.2, 0.25) is 5.91 Å². The lowest BCUT2D eigenvalue weighted by Crippen LogP contribution is -2.25. The second kappa shape index (κ2) is 9.88. The molecule has 1 amide bonds. The second-order valence-electron chi connectivity index (χ2n) is 8.36. The fourth-order valence-electron chi connectivity index (χ4n) is 4.55. The first-order valence-corrected chi connectivity index (χ1v) is 11.8. The van der Waals surface area contributed by atoms with Crippen LogP contribution in [0.2, 0.25) is 5.02 Å². The first-order valence-electron chi connectivity index (χ1n) is 11.4. The molecule has 0 radical (unpaired) electrons. The fraction of sp³-hybridized carbons (Fsp3) is 0.259. The molecule has 7 nitrogen and oxygen atoms in total. The molecular weight excluding hydrogens is 466 g/mol. The van der Waals surface area contributed by atoms with Crippen molar-refractivity contribution in [3.8, 4) is 17.2 Å². The van der Waals surface area contributed by atoms with E-state index >= 15 is 0 Å². The van der Waals surface area contributed by atoms with Gasteiger partial charge in [-0.3, -0.25) is 4.79 Å². The molecule has 0 N–H and O–H groups in total. The largest absolute Gasteiger partial charge is 0.497 e. The van der Waals surface area contributed by atoms with E-state index in [9.17, 15) is 4.79 Å². The summed E-state index contributed by atoms with van der Waals surface area (Å²) in [5.74, 6) is 2.89. The van der Waals surface area contributed by atoms with E-state index < -0.39 is 0 Å². The van der Waals surface area contributed by atoms with Crippen LogP contribution in [0.4, 0.5) is 5.69 Å². The summed E-state index contributed by atoms with van der Waals surface area (Å²) in [4.78, 5) is 19.8. The predicted octanol–water partition coefficient (Wildman–Crippen LogP) is 5.31. The number of amides is 1. The van der Waals surface area contributed by atoms with Crippen LogP contribution in [-0.2, 0) is 11.3 Å². The van der Waals surface area contributed by atoms with Gasteiger partial charge in [0.05, 0.1) is 37.5 Å². The van der Waals surface area contributed by atoms with Crippen molar-refractivity contribution in [2.45, 2.75) is 18.9 Å². The van der Waals surface area contributed by atoms with Crippen LogP contribution in [0.5, 0.6) is 17.2 Å². The van der Waals surface area contributed by atoms with Crippen LogP contribution in [0.15, 0.2) is 66.7 Å². The van der Waals surface area contributed by atoms with Crippen molar-refractivity contribution < 1.29 is 19.0 Å². The molecule has 1 aliphatic rings. The number of para-hydroxylation sites is 2. The van der Waals surface area contributed by atoms with Crippen molar-refractivity contribution in [3.63, 3.8) is 0 Å². The third-order valence-corrected chi connectivity index (χ3v) is 6.50. The molecule has 1 aliphatic heterocycles. The lowest BCUT2D eigenvalue weighted by atomic mass is 10.1. The summed E-state index contributed by atoms with van der Waals surface area (Å²) >= 11 is 5.98. The maximum Gasteiger partial charge on any atom is 0.227 e. The molecule has 1 aromatic heterocycles. The minimum absolute atomic E-state index is 0.0255. The van der Waals surface area contributed by atoms with Crippen molar-refractivity contribution in [2.24, 2.45) is 0 Å². The van der Waals surface area contributed by atoms with E-state index in [0.29, 0.717) is 48.3 Å². The van der Waals surface area contributed by atoms with Gasteiger partial charge in [0.25, 0.3) is 0 Å². The summed E-state index contributed by atoms with van der Waals surface area (Å²) in [6.45, 7) is 1.57. The molecule has 35 heavy (non-hydrogen) atoms. The normalized spacial score (nSPS) is 15.6. The molecule has 3 aromatic carbocycles. The quantitative estimate of drug-likeness (QED) is 0.334. The van der Waals surface area contributed by atoms with Gasteiger partial charge in [-0.1, -0.05) is 23.7 Å². The molecule has 5 rings (SSSR count). The summed E-state index contributed by atoms with van der Waals surface area (Å²) in [6.07, 6.45) is 0.363. The van der Waals surface area contributed by atoms with Gasteiger partial charge < -0.3 is 23.7 Å². The number of benzene rings is 3. The Morgan fingerprint density at radius 3 is 2.54 bits per heavy atom. The number of carbonyl (C=O) groups is 1. The number of ether oxygens (including phenoxy) is 3. The second-order valence-corrected chi connectivity index (χ2v) is 8.79. The number of hydrogen-bond acceptors (Lipinski definition) is 5.